The van der Waals surface area contributed by atoms with Crippen LogP contribution in [0.2, 0.25) is 0 Å². The maximum atomic E-state index is 11.5. The van der Waals surface area contributed by atoms with Gasteiger partial charge in [-0.25, -0.2) is 0 Å². The molecule has 0 aliphatic carbocycles. The lowest BCUT2D eigenvalue weighted by Gasteiger charge is -2.02. The van der Waals surface area contributed by atoms with E-state index in [-0.39, 0.29) is 5.78 Å². The summed E-state index contributed by atoms with van der Waals surface area (Å²) in [6.45, 7) is 7.71. The van der Waals surface area contributed by atoms with Gasteiger partial charge in [-0.1, -0.05) is 42.0 Å². The molecule has 0 unspecified atom stereocenters. The minimum absolute atomic E-state index is 0.281. The van der Waals surface area contributed by atoms with Crippen molar-refractivity contribution in [1.29, 1.82) is 0 Å². The van der Waals surface area contributed by atoms with Crippen molar-refractivity contribution in [1.82, 2.24) is 0 Å². The summed E-state index contributed by atoms with van der Waals surface area (Å²) in [7, 11) is 0. The molecule has 0 radical (unpaired) electrons. The number of Topliss-reactive ketones (excluding diaryl/α,β-unsaturated/α-hetero) is 1. The predicted octanol–water partition coefficient (Wildman–Crippen LogP) is 3.46. The Morgan fingerprint density at radius 2 is 2.13 bits per heavy atom. The number of hydrogen-bond acceptors (Lipinski definition) is 1. The summed E-state index contributed by atoms with van der Waals surface area (Å²) in [5, 5.41) is 0. The fraction of sp³-hybridized carbons (Fsp3) is 0.357. The highest BCUT2D eigenvalue weighted by Crippen LogP contribution is 2.08. The van der Waals surface area contributed by atoms with Gasteiger partial charge in [0, 0.05) is 12.8 Å². The first-order valence-electron chi connectivity index (χ1n) is 5.29. The van der Waals surface area contributed by atoms with Crippen molar-refractivity contribution in [3.63, 3.8) is 0 Å². The third-order valence-electron chi connectivity index (χ3n) is 2.27. The van der Waals surface area contributed by atoms with Crippen molar-refractivity contribution in [2.24, 2.45) is 0 Å². The summed E-state index contributed by atoms with van der Waals surface area (Å²) in [4.78, 5) is 11.5. The van der Waals surface area contributed by atoms with Crippen molar-refractivity contribution in [3.05, 3.63) is 47.5 Å². The van der Waals surface area contributed by atoms with Crippen LogP contribution in [0.1, 0.15) is 30.9 Å². The Morgan fingerprint density at radius 3 is 2.73 bits per heavy atom. The Morgan fingerprint density at radius 1 is 1.40 bits per heavy atom. The molecule has 1 rings (SSSR count). The van der Waals surface area contributed by atoms with Crippen molar-refractivity contribution >= 4 is 5.78 Å². The molecule has 0 saturated heterocycles. The van der Waals surface area contributed by atoms with E-state index >= 15 is 0 Å². The molecule has 1 aromatic rings. The zero-order valence-electron chi connectivity index (χ0n) is 9.55. The van der Waals surface area contributed by atoms with Gasteiger partial charge in [-0.05, 0) is 25.8 Å². The van der Waals surface area contributed by atoms with Crippen LogP contribution in [0.3, 0.4) is 0 Å². The number of carbonyl (C=O) groups is 1. The summed E-state index contributed by atoms with van der Waals surface area (Å²) < 4.78 is 0. The van der Waals surface area contributed by atoms with Crippen LogP contribution in [0.5, 0.6) is 0 Å². The van der Waals surface area contributed by atoms with Crippen LogP contribution >= 0.6 is 0 Å². The van der Waals surface area contributed by atoms with Gasteiger partial charge in [-0.2, -0.15) is 0 Å². The molecule has 15 heavy (non-hydrogen) atoms. The molecule has 0 atom stereocenters. The average Bonchev–Trinajstić information content (AvgIpc) is 2.14. The Hall–Kier alpha value is -1.37. The topological polar surface area (TPSA) is 17.1 Å². The Labute approximate surface area is 91.8 Å². The Bertz CT molecular complexity index is 363. The summed E-state index contributed by atoms with van der Waals surface area (Å²) >= 11 is 0. The molecule has 0 aromatic heterocycles. The predicted molar refractivity (Wildman–Crippen MR) is 63.9 cm³/mol. The lowest BCUT2D eigenvalue weighted by atomic mass is 10.0. The van der Waals surface area contributed by atoms with Gasteiger partial charge in [-0.15, -0.1) is 0 Å². The first-order valence-corrected chi connectivity index (χ1v) is 5.29. The second-order valence-electron chi connectivity index (χ2n) is 4.16. The number of allylic oxidation sites excluding steroid dienone is 1. The molecule has 0 heterocycles. The second kappa shape index (κ2) is 5.50. The van der Waals surface area contributed by atoms with E-state index in [1.165, 1.54) is 11.1 Å². The zero-order chi connectivity index (χ0) is 11.3. The van der Waals surface area contributed by atoms with E-state index in [1.807, 2.05) is 13.0 Å². The molecule has 0 aliphatic rings. The van der Waals surface area contributed by atoms with E-state index in [4.69, 9.17) is 0 Å². The van der Waals surface area contributed by atoms with Gasteiger partial charge >= 0.3 is 0 Å². The minimum Gasteiger partial charge on any atom is -0.299 e. The van der Waals surface area contributed by atoms with Gasteiger partial charge in [-0.3, -0.25) is 4.79 Å². The van der Waals surface area contributed by atoms with E-state index in [2.05, 4.69) is 31.7 Å². The molecule has 0 aliphatic heterocycles. The highest BCUT2D eigenvalue weighted by molar-refractivity contribution is 5.80. The van der Waals surface area contributed by atoms with E-state index in [9.17, 15) is 4.79 Å². The summed E-state index contributed by atoms with van der Waals surface area (Å²) in [5.74, 6) is 0.281. The largest absolute Gasteiger partial charge is 0.299 e. The fourth-order valence-corrected chi connectivity index (χ4v) is 1.58. The normalized spacial score (nSPS) is 10.0. The van der Waals surface area contributed by atoms with Gasteiger partial charge in [0.15, 0.2) is 0 Å². The lowest BCUT2D eigenvalue weighted by molar-refractivity contribution is -0.118. The van der Waals surface area contributed by atoms with Crippen LogP contribution in [0.4, 0.5) is 0 Å². The lowest BCUT2D eigenvalue weighted by Crippen LogP contribution is -2.00. The fourth-order valence-electron chi connectivity index (χ4n) is 1.58. The van der Waals surface area contributed by atoms with Crippen molar-refractivity contribution in [3.8, 4) is 0 Å². The highest BCUT2D eigenvalue weighted by atomic mass is 16.1. The summed E-state index contributed by atoms with van der Waals surface area (Å²) in [6.07, 6.45) is 1.98. The molecule has 1 heteroatoms. The van der Waals surface area contributed by atoms with Crippen LogP contribution in [0.15, 0.2) is 36.4 Å². The van der Waals surface area contributed by atoms with Crippen molar-refractivity contribution in [2.75, 3.05) is 0 Å². The van der Waals surface area contributed by atoms with E-state index in [0.29, 0.717) is 12.8 Å². The third kappa shape index (κ3) is 4.59. The van der Waals surface area contributed by atoms with Crippen LogP contribution in [-0.2, 0) is 11.2 Å². The van der Waals surface area contributed by atoms with E-state index in [1.54, 1.807) is 0 Å². The van der Waals surface area contributed by atoms with Gasteiger partial charge < -0.3 is 0 Å². The van der Waals surface area contributed by atoms with Gasteiger partial charge in [0.05, 0.1) is 0 Å². The minimum atomic E-state index is 0.281. The average molecular weight is 202 g/mol. The molecule has 0 bridgehead atoms. The van der Waals surface area contributed by atoms with Gasteiger partial charge in [0.25, 0.3) is 0 Å². The molecule has 0 N–H and O–H groups in total. The van der Waals surface area contributed by atoms with Crippen LogP contribution in [0.25, 0.3) is 0 Å². The maximum absolute atomic E-state index is 11.5. The molecule has 0 spiro atoms. The molecule has 0 amide bonds. The maximum Gasteiger partial charge on any atom is 0.137 e. The molecule has 0 fully saturated rings. The van der Waals surface area contributed by atoms with Crippen molar-refractivity contribution < 1.29 is 4.79 Å². The molecule has 1 aromatic carbocycles. The smallest absolute Gasteiger partial charge is 0.137 e. The number of benzene rings is 1. The molecule has 1 nitrogen and oxygen atoms in total. The summed E-state index contributed by atoms with van der Waals surface area (Å²) in [5.41, 5.74) is 3.44. The standard InChI is InChI=1S/C14H18O/c1-11(2)9-14(15)8-7-13-6-4-5-12(3)10-13/h4-6,10H,1,7-9H2,2-3H3. The number of rotatable bonds is 5. The van der Waals surface area contributed by atoms with Crippen LogP contribution in [-0.4, -0.2) is 5.78 Å². The van der Waals surface area contributed by atoms with E-state index in [0.717, 1.165) is 12.0 Å². The quantitative estimate of drug-likeness (QED) is 0.668. The second-order valence-corrected chi connectivity index (χ2v) is 4.16. The molecule has 80 valence electrons. The molecule has 0 saturated carbocycles. The zero-order valence-corrected chi connectivity index (χ0v) is 9.55. The highest BCUT2D eigenvalue weighted by Gasteiger charge is 2.02. The monoisotopic (exact) mass is 202 g/mol. The van der Waals surface area contributed by atoms with Gasteiger partial charge in [0.1, 0.15) is 5.78 Å². The third-order valence-corrected chi connectivity index (χ3v) is 2.27. The van der Waals surface area contributed by atoms with E-state index < -0.39 is 0 Å². The SMILES string of the molecule is C=C(C)CC(=O)CCc1cccc(C)c1. The van der Waals surface area contributed by atoms with Crippen LogP contribution in [0, 0.1) is 6.92 Å². The molecular formula is C14H18O. The Balaban J connectivity index is 2.43. The number of ketones is 1. The first kappa shape index (κ1) is 11.7. The van der Waals surface area contributed by atoms with Crippen LogP contribution < -0.4 is 0 Å². The van der Waals surface area contributed by atoms with Gasteiger partial charge in [0.2, 0.25) is 0 Å². The number of carbonyl (C=O) groups excluding carboxylic acids is 1. The van der Waals surface area contributed by atoms with Crippen molar-refractivity contribution in [2.45, 2.75) is 33.1 Å². The molecular weight excluding hydrogens is 184 g/mol. The number of aryl methyl sites for hydroxylation is 2. The Kier molecular flexibility index (Phi) is 4.29. The summed E-state index contributed by atoms with van der Waals surface area (Å²) in [6, 6.07) is 8.31. The first-order chi connectivity index (χ1) is 7.08. The number of hydrogen-bond donors (Lipinski definition) is 0.